The van der Waals surface area contributed by atoms with Gasteiger partial charge in [0.1, 0.15) is 11.8 Å². The Morgan fingerprint density at radius 2 is 2.00 bits per heavy atom. The summed E-state index contributed by atoms with van der Waals surface area (Å²) in [6, 6.07) is 12.9. The molecule has 0 bridgehead atoms. The molecule has 2 aromatic carbocycles. The maximum absolute atomic E-state index is 12.9. The van der Waals surface area contributed by atoms with Gasteiger partial charge in [-0.25, -0.2) is 4.79 Å². The number of benzene rings is 2. The summed E-state index contributed by atoms with van der Waals surface area (Å²) in [4.78, 5) is 30.4. The van der Waals surface area contributed by atoms with Crippen LogP contribution in [0.2, 0.25) is 0 Å². The van der Waals surface area contributed by atoms with Gasteiger partial charge < -0.3 is 24.6 Å². The van der Waals surface area contributed by atoms with Gasteiger partial charge in [0.2, 0.25) is 5.82 Å². The van der Waals surface area contributed by atoms with Crippen molar-refractivity contribution >= 4 is 12.0 Å². The van der Waals surface area contributed by atoms with Crippen molar-refractivity contribution in [1.29, 1.82) is 5.26 Å². The Balaban J connectivity index is 1.32. The van der Waals surface area contributed by atoms with Gasteiger partial charge in [-0.2, -0.15) is 10.2 Å². The Morgan fingerprint density at radius 1 is 1.21 bits per heavy atom. The molecule has 1 aromatic heterocycles. The second-order valence-corrected chi connectivity index (χ2v) is 9.93. The molecule has 0 spiro atoms. The van der Waals surface area contributed by atoms with Crippen LogP contribution in [0.25, 0.3) is 22.8 Å². The Hall–Kier alpha value is -4.39. The van der Waals surface area contributed by atoms with Crippen LogP contribution < -0.4 is 10.1 Å². The number of amides is 2. The molecule has 38 heavy (non-hydrogen) atoms. The van der Waals surface area contributed by atoms with Crippen molar-refractivity contribution in [3.05, 3.63) is 53.1 Å². The molecule has 1 atom stereocenters. The molecule has 0 saturated carbocycles. The number of rotatable bonds is 6. The van der Waals surface area contributed by atoms with E-state index in [9.17, 15) is 20.0 Å². The van der Waals surface area contributed by atoms with Crippen LogP contribution in [0.5, 0.6) is 5.75 Å². The fourth-order valence-electron chi connectivity index (χ4n) is 5.14. The number of carboxylic acid groups (broad SMARTS) is 1. The number of likely N-dealkylation sites (tertiary alicyclic amines) is 1. The van der Waals surface area contributed by atoms with E-state index >= 15 is 0 Å². The number of nitriles is 1. The average molecular weight is 516 g/mol. The lowest BCUT2D eigenvalue weighted by atomic mass is 9.97. The standard InChI is InChI=1S/C28H29N5O5/c1-16(2)37-24-9-6-18(14-19(24)15-29)26-31-25(32-38-26)22-5-3-4-21-20(22)7-8-23(21)30-28(36)33-12-10-17(11-13-33)27(34)35/h3-6,9,14,16-17,23H,7-8,10-13H2,1-2H3,(H,30,36)(H,34,35). The lowest BCUT2D eigenvalue weighted by molar-refractivity contribution is -0.143. The van der Waals surface area contributed by atoms with Crippen molar-refractivity contribution in [3.8, 4) is 34.7 Å². The number of piperidine rings is 1. The van der Waals surface area contributed by atoms with Crippen LogP contribution in [0, 0.1) is 17.2 Å². The second kappa shape index (κ2) is 10.5. The quantitative estimate of drug-likeness (QED) is 0.487. The summed E-state index contributed by atoms with van der Waals surface area (Å²) in [6.45, 7) is 4.67. The van der Waals surface area contributed by atoms with Gasteiger partial charge in [-0.1, -0.05) is 23.4 Å². The summed E-state index contributed by atoms with van der Waals surface area (Å²) in [5, 5.41) is 26.1. The summed E-state index contributed by atoms with van der Waals surface area (Å²) in [6.07, 6.45) is 2.38. The third-order valence-electron chi connectivity index (χ3n) is 7.08. The first-order chi connectivity index (χ1) is 18.3. The van der Waals surface area contributed by atoms with E-state index in [-0.39, 0.29) is 24.1 Å². The molecule has 2 amide bonds. The molecule has 1 fully saturated rings. The molecule has 2 heterocycles. The van der Waals surface area contributed by atoms with Crippen molar-refractivity contribution in [2.75, 3.05) is 13.1 Å². The predicted octanol–water partition coefficient (Wildman–Crippen LogP) is 4.56. The smallest absolute Gasteiger partial charge is 0.317 e. The molecular formula is C28H29N5O5. The van der Waals surface area contributed by atoms with Crippen LogP contribution in [-0.2, 0) is 11.2 Å². The summed E-state index contributed by atoms with van der Waals surface area (Å²) >= 11 is 0. The van der Waals surface area contributed by atoms with E-state index in [1.807, 2.05) is 32.0 Å². The molecule has 2 N–H and O–H groups in total. The Morgan fingerprint density at radius 3 is 2.71 bits per heavy atom. The molecule has 1 aliphatic heterocycles. The Bertz CT molecular complexity index is 1400. The zero-order valence-electron chi connectivity index (χ0n) is 21.3. The Kier molecular flexibility index (Phi) is 7.01. The van der Waals surface area contributed by atoms with E-state index in [4.69, 9.17) is 9.26 Å². The van der Waals surface area contributed by atoms with E-state index in [0.29, 0.717) is 54.5 Å². The number of aromatic nitrogens is 2. The lowest BCUT2D eigenvalue weighted by Gasteiger charge is -2.31. The number of urea groups is 1. The molecule has 3 aromatic rings. The SMILES string of the molecule is CC(C)Oc1ccc(-c2nc(-c3cccc4c3CCC4NC(=O)N3CCC(C(=O)O)CC3)no2)cc1C#N. The minimum atomic E-state index is -0.797. The van der Waals surface area contributed by atoms with Gasteiger partial charge in [0, 0.05) is 24.2 Å². The van der Waals surface area contributed by atoms with Crippen molar-refractivity contribution in [2.24, 2.45) is 5.92 Å². The van der Waals surface area contributed by atoms with Gasteiger partial charge in [0.05, 0.1) is 23.6 Å². The molecule has 5 rings (SSSR count). The first-order valence-electron chi connectivity index (χ1n) is 12.8. The lowest BCUT2D eigenvalue weighted by Crippen LogP contribution is -2.46. The van der Waals surface area contributed by atoms with Crippen molar-refractivity contribution in [3.63, 3.8) is 0 Å². The molecule has 1 aliphatic carbocycles. The number of nitrogens with zero attached hydrogens (tertiary/aromatic N) is 4. The van der Waals surface area contributed by atoms with Crippen LogP contribution in [0.3, 0.4) is 0 Å². The van der Waals surface area contributed by atoms with Gasteiger partial charge in [-0.3, -0.25) is 4.79 Å². The summed E-state index contributed by atoms with van der Waals surface area (Å²) in [5.41, 5.74) is 3.94. The van der Waals surface area contributed by atoms with Crippen LogP contribution in [0.1, 0.15) is 55.8 Å². The molecule has 0 radical (unpaired) electrons. The molecule has 2 aliphatic rings. The number of carbonyl (C=O) groups is 2. The first kappa shape index (κ1) is 25.3. The fourth-order valence-corrected chi connectivity index (χ4v) is 5.14. The van der Waals surface area contributed by atoms with Gasteiger partial charge in [0.15, 0.2) is 0 Å². The van der Waals surface area contributed by atoms with E-state index in [2.05, 4.69) is 21.5 Å². The van der Waals surface area contributed by atoms with Gasteiger partial charge in [-0.15, -0.1) is 0 Å². The van der Waals surface area contributed by atoms with Crippen LogP contribution in [-0.4, -0.2) is 51.3 Å². The summed E-state index contributed by atoms with van der Waals surface area (Å²) in [5.74, 6) is 0.0747. The third-order valence-corrected chi connectivity index (χ3v) is 7.08. The molecular weight excluding hydrogens is 486 g/mol. The van der Waals surface area contributed by atoms with Crippen LogP contribution in [0.15, 0.2) is 40.9 Å². The zero-order valence-corrected chi connectivity index (χ0v) is 21.3. The van der Waals surface area contributed by atoms with Gasteiger partial charge >= 0.3 is 12.0 Å². The minimum absolute atomic E-state index is 0.0547. The molecule has 196 valence electrons. The van der Waals surface area contributed by atoms with E-state index < -0.39 is 5.97 Å². The highest BCUT2D eigenvalue weighted by molar-refractivity contribution is 5.76. The number of aliphatic carboxylic acids is 1. The van der Waals surface area contributed by atoms with Crippen molar-refractivity contribution in [1.82, 2.24) is 20.4 Å². The highest BCUT2D eigenvalue weighted by Gasteiger charge is 2.31. The highest BCUT2D eigenvalue weighted by atomic mass is 16.5. The highest BCUT2D eigenvalue weighted by Crippen LogP contribution is 2.38. The average Bonchev–Trinajstić information content (AvgIpc) is 3.56. The molecule has 10 heteroatoms. The third kappa shape index (κ3) is 5.05. The molecule has 1 unspecified atom stereocenters. The minimum Gasteiger partial charge on any atom is -0.490 e. The maximum Gasteiger partial charge on any atom is 0.317 e. The zero-order chi connectivity index (χ0) is 26.8. The second-order valence-electron chi connectivity index (χ2n) is 9.93. The number of nitrogens with one attached hydrogen (secondary N) is 1. The van der Waals surface area contributed by atoms with Crippen LogP contribution >= 0.6 is 0 Å². The normalized spacial score (nSPS) is 17.2. The van der Waals surface area contributed by atoms with E-state index in [0.717, 1.165) is 29.5 Å². The largest absolute Gasteiger partial charge is 0.490 e. The van der Waals surface area contributed by atoms with Crippen molar-refractivity contribution in [2.45, 2.75) is 51.7 Å². The van der Waals surface area contributed by atoms with E-state index in [1.54, 1.807) is 23.1 Å². The fraction of sp³-hybridized carbons (Fsp3) is 0.393. The monoisotopic (exact) mass is 515 g/mol. The number of hydrogen-bond donors (Lipinski definition) is 2. The molecule has 10 nitrogen and oxygen atoms in total. The maximum atomic E-state index is 12.9. The first-order valence-corrected chi connectivity index (χ1v) is 12.8. The predicted molar refractivity (Wildman–Crippen MR) is 137 cm³/mol. The van der Waals surface area contributed by atoms with Gasteiger partial charge in [-0.05, 0) is 68.9 Å². The topological polar surface area (TPSA) is 142 Å². The van der Waals surface area contributed by atoms with Crippen molar-refractivity contribution < 1.29 is 24.0 Å². The summed E-state index contributed by atoms with van der Waals surface area (Å²) < 4.78 is 11.2. The number of fused-ring (bicyclic) bond motifs is 1. The number of hydrogen-bond acceptors (Lipinski definition) is 7. The van der Waals surface area contributed by atoms with Crippen LogP contribution in [0.4, 0.5) is 4.79 Å². The number of ether oxygens (including phenoxy) is 1. The van der Waals surface area contributed by atoms with E-state index in [1.165, 1.54) is 0 Å². The summed E-state index contributed by atoms with van der Waals surface area (Å²) in [7, 11) is 0. The number of carboxylic acids is 1. The molecule has 1 saturated heterocycles. The van der Waals surface area contributed by atoms with Gasteiger partial charge in [0.25, 0.3) is 5.89 Å². The Labute approximate surface area is 220 Å². The number of carbonyl (C=O) groups excluding carboxylic acids is 1.